The average molecular weight is 349 g/mol. The second kappa shape index (κ2) is 6.73. The van der Waals surface area contributed by atoms with E-state index in [1.807, 2.05) is 0 Å². The van der Waals surface area contributed by atoms with Gasteiger partial charge in [0.1, 0.15) is 0 Å². The number of halogens is 1. The second-order valence-corrected chi connectivity index (χ2v) is 7.00. The first kappa shape index (κ1) is 17.2. The number of rotatable bonds is 3. The van der Waals surface area contributed by atoms with Gasteiger partial charge in [-0.05, 0) is 44.7 Å². The van der Waals surface area contributed by atoms with Gasteiger partial charge in [-0.2, -0.15) is 4.98 Å². The maximum absolute atomic E-state index is 6.47. The Labute approximate surface area is 149 Å². The van der Waals surface area contributed by atoms with Crippen LogP contribution < -0.4 is 10.6 Å². The Balaban J connectivity index is 0.00000169. The Morgan fingerprint density at radius 1 is 1.12 bits per heavy atom. The first-order valence-electron chi connectivity index (χ1n) is 8.65. The van der Waals surface area contributed by atoms with Crippen LogP contribution in [-0.4, -0.2) is 23.2 Å². The molecule has 0 radical (unpaired) electrons. The van der Waals surface area contributed by atoms with Crippen LogP contribution in [-0.2, 0) is 5.54 Å². The predicted octanol–water partition coefficient (Wildman–Crippen LogP) is 3.80. The zero-order valence-corrected chi connectivity index (χ0v) is 14.9. The predicted molar refractivity (Wildman–Crippen MR) is 97.5 cm³/mol. The highest BCUT2D eigenvalue weighted by Crippen LogP contribution is 2.37. The van der Waals surface area contributed by atoms with Crippen molar-refractivity contribution in [1.29, 1.82) is 0 Å². The fraction of sp³-hybridized carbons (Fsp3) is 0.556. The Morgan fingerprint density at radius 2 is 1.83 bits per heavy atom. The highest BCUT2D eigenvalue weighted by molar-refractivity contribution is 5.85. The van der Waals surface area contributed by atoms with E-state index < -0.39 is 5.54 Å². The van der Waals surface area contributed by atoms with Crippen molar-refractivity contribution in [3.63, 3.8) is 0 Å². The van der Waals surface area contributed by atoms with Crippen molar-refractivity contribution in [2.24, 2.45) is 5.73 Å². The van der Waals surface area contributed by atoms with Crippen LogP contribution in [0, 0.1) is 6.92 Å². The molecule has 0 amide bonds. The van der Waals surface area contributed by atoms with E-state index in [1.165, 1.54) is 24.1 Å². The Morgan fingerprint density at radius 3 is 2.54 bits per heavy atom. The van der Waals surface area contributed by atoms with Gasteiger partial charge in [-0.1, -0.05) is 29.6 Å². The Bertz CT molecular complexity index is 703. The summed E-state index contributed by atoms with van der Waals surface area (Å²) in [7, 11) is 0. The van der Waals surface area contributed by atoms with Gasteiger partial charge in [0.25, 0.3) is 5.89 Å². The highest BCUT2D eigenvalue weighted by atomic mass is 35.5. The van der Waals surface area contributed by atoms with E-state index >= 15 is 0 Å². The van der Waals surface area contributed by atoms with E-state index in [9.17, 15) is 0 Å². The van der Waals surface area contributed by atoms with Crippen molar-refractivity contribution in [1.82, 2.24) is 10.1 Å². The molecule has 1 aliphatic heterocycles. The molecule has 24 heavy (non-hydrogen) atoms. The standard InChI is InChI=1S/C18H24N4O.ClH/c1-13-6-7-15(22-10-4-5-11-22)14(12-13)16-20-17(21-23-16)18(19)8-2-3-9-18;/h6-7,12H,2-5,8-11,19H2,1H3;1H. The molecule has 2 aliphatic rings. The number of anilines is 1. The smallest absolute Gasteiger partial charge is 0.260 e. The minimum absolute atomic E-state index is 0. The van der Waals surface area contributed by atoms with E-state index in [-0.39, 0.29) is 12.4 Å². The Kier molecular flexibility index (Phi) is 4.83. The van der Waals surface area contributed by atoms with Crippen LogP contribution in [0.1, 0.15) is 49.9 Å². The van der Waals surface area contributed by atoms with Gasteiger partial charge in [-0.15, -0.1) is 12.4 Å². The normalized spacial score (nSPS) is 19.5. The van der Waals surface area contributed by atoms with Gasteiger partial charge in [0, 0.05) is 18.8 Å². The SMILES string of the molecule is Cc1ccc(N2CCCC2)c(-c2nc(C3(N)CCCC3)no2)c1.Cl. The van der Waals surface area contributed by atoms with E-state index in [1.54, 1.807) is 0 Å². The largest absolute Gasteiger partial charge is 0.371 e. The summed E-state index contributed by atoms with van der Waals surface area (Å²) in [6.45, 7) is 4.28. The fourth-order valence-electron chi connectivity index (χ4n) is 3.82. The number of aromatic nitrogens is 2. The lowest BCUT2D eigenvalue weighted by molar-refractivity contribution is 0.372. The van der Waals surface area contributed by atoms with Gasteiger partial charge in [0.15, 0.2) is 5.82 Å². The quantitative estimate of drug-likeness (QED) is 0.913. The molecular weight excluding hydrogens is 324 g/mol. The van der Waals surface area contributed by atoms with Gasteiger partial charge < -0.3 is 15.2 Å². The lowest BCUT2D eigenvalue weighted by Crippen LogP contribution is -2.34. The van der Waals surface area contributed by atoms with Crippen LogP contribution in [0.3, 0.4) is 0 Å². The molecule has 2 N–H and O–H groups in total. The van der Waals surface area contributed by atoms with Gasteiger partial charge >= 0.3 is 0 Å². The van der Waals surface area contributed by atoms with E-state index in [0.717, 1.165) is 44.3 Å². The van der Waals surface area contributed by atoms with Crippen LogP contribution in [0.4, 0.5) is 5.69 Å². The first-order chi connectivity index (χ1) is 11.2. The van der Waals surface area contributed by atoms with Crippen LogP contribution in [0.15, 0.2) is 22.7 Å². The molecule has 2 aromatic rings. The maximum Gasteiger partial charge on any atom is 0.260 e. The molecule has 1 aromatic heterocycles. The molecule has 5 nitrogen and oxygen atoms in total. The van der Waals surface area contributed by atoms with Crippen LogP contribution in [0.2, 0.25) is 0 Å². The molecule has 6 heteroatoms. The van der Waals surface area contributed by atoms with Crippen LogP contribution in [0.25, 0.3) is 11.5 Å². The summed E-state index contributed by atoms with van der Waals surface area (Å²) < 4.78 is 5.62. The lowest BCUT2D eigenvalue weighted by Gasteiger charge is -2.20. The van der Waals surface area contributed by atoms with Crippen molar-refractivity contribution in [3.05, 3.63) is 29.6 Å². The molecular formula is C18H25ClN4O. The minimum atomic E-state index is -0.403. The summed E-state index contributed by atoms with van der Waals surface area (Å²) in [5.74, 6) is 1.27. The second-order valence-electron chi connectivity index (χ2n) is 7.00. The van der Waals surface area contributed by atoms with Gasteiger partial charge in [-0.25, -0.2) is 0 Å². The lowest BCUT2D eigenvalue weighted by atomic mass is 9.98. The van der Waals surface area contributed by atoms with Crippen molar-refractivity contribution in [3.8, 4) is 11.5 Å². The van der Waals surface area contributed by atoms with E-state index in [2.05, 4.69) is 40.2 Å². The van der Waals surface area contributed by atoms with Crippen molar-refractivity contribution >= 4 is 18.1 Å². The van der Waals surface area contributed by atoms with Crippen molar-refractivity contribution < 1.29 is 4.52 Å². The third-order valence-corrected chi connectivity index (χ3v) is 5.20. The Hall–Kier alpha value is -1.59. The molecule has 0 unspecified atom stereocenters. The van der Waals surface area contributed by atoms with Gasteiger partial charge in [0.05, 0.1) is 11.1 Å². The maximum atomic E-state index is 6.47. The summed E-state index contributed by atoms with van der Waals surface area (Å²) in [4.78, 5) is 7.09. The topological polar surface area (TPSA) is 68.2 Å². The number of hydrogen-bond donors (Lipinski definition) is 1. The molecule has 1 saturated heterocycles. The monoisotopic (exact) mass is 348 g/mol. The summed E-state index contributed by atoms with van der Waals surface area (Å²) in [5.41, 5.74) is 9.49. The van der Waals surface area contributed by atoms with Crippen molar-refractivity contribution in [2.45, 2.75) is 51.0 Å². The van der Waals surface area contributed by atoms with Crippen molar-refractivity contribution in [2.75, 3.05) is 18.0 Å². The highest BCUT2D eigenvalue weighted by Gasteiger charge is 2.36. The number of hydrogen-bond acceptors (Lipinski definition) is 5. The first-order valence-corrected chi connectivity index (χ1v) is 8.65. The molecule has 0 spiro atoms. The summed E-state index contributed by atoms with van der Waals surface area (Å²) in [5, 5.41) is 4.21. The third kappa shape index (κ3) is 3.03. The zero-order valence-electron chi connectivity index (χ0n) is 14.1. The molecule has 2 heterocycles. The van der Waals surface area contributed by atoms with Gasteiger partial charge in [0.2, 0.25) is 0 Å². The number of nitrogens with two attached hydrogens (primary N) is 1. The molecule has 1 aromatic carbocycles. The van der Waals surface area contributed by atoms with Gasteiger partial charge in [-0.3, -0.25) is 0 Å². The molecule has 1 saturated carbocycles. The summed E-state index contributed by atoms with van der Waals surface area (Å²) in [6, 6.07) is 6.46. The fourth-order valence-corrected chi connectivity index (χ4v) is 3.82. The zero-order chi connectivity index (χ0) is 15.9. The number of aryl methyl sites for hydroxylation is 1. The summed E-state index contributed by atoms with van der Waals surface area (Å²) >= 11 is 0. The minimum Gasteiger partial charge on any atom is -0.371 e. The molecule has 130 valence electrons. The molecule has 1 aliphatic carbocycles. The van der Waals surface area contributed by atoms with Crippen LogP contribution >= 0.6 is 12.4 Å². The molecule has 0 bridgehead atoms. The molecule has 0 atom stereocenters. The molecule has 4 rings (SSSR count). The average Bonchev–Trinajstić information content (AvgIpc) is 3.29. The van der Waals surface area contributed by atoms with E-state index in [0.29, 0.717) is 11.7 Å². The molecule has 2 fully saturated rings. The summed E-state index contributed by atoms with van der Waals surface area (Å²) in [6.07, 6.45) is 6.66. The third-order valence-electron chi connectivity index (χ3n) is 5.20. The number of nitrogens with zero attached hydrogens (tertiary/aromatic N) is 3. The van der Waals surface area contributed by atoms with E-state index in [4.69, 9.17) is 10.3 Å². The number of benzene rings is 1. The van der Waals surface area contributed by atoms with Crippen LogP contribution in [0.5, 0.6) is 0 Å².